The Hall–Kier alpha value is -1.96. The van der Waals surface area contributed by atoms with E-state index >= 15 is 0 Å². The van der Waals surface area contributed by atoms with Crippen LogP contribution in [0.15, 0.2) is 24.3 Å². The van der Waals surface area contributed by atoms with E-state index in [2.05, 4.69) is 10.1 Å². The van der Waals surface area contributed by atoms with Gasteiger partial charge in [-0.25, -0.2) is 4.79 Å². The molecular formula is C14H19F3N2O3. The number of halogens is 3. The number of ether oxygens (including phenoxy) is 2. The Balaban J connectivity index is 2.93. The van der Waals surface area contributed by atoms with Gasteiger partial charge in [-0.3, -0.25) is 0 Å². The number of amides is 1. The van der Waals surface area contributed by atoms with Crippen molar-refractivity contribution in [1.82, 2.24) is 5.32 Å². The number of nitrogens with two attached hydrogens (primary N) is 1. The predicted octanol–water partition coefficient (Wildman–Crippen LogP) is 3.11. The Morgan fingerprint density at radius 2 is 1.86 bits per heavy atom. The van der Waals surface area contributed by atoms with E-state index in [1.807, 2.05) is 0 Å². The number of benzene rings is 1. The molecule has 0 aliphatic heterocycles. The lowest BCUT2D eigenvalue weighted by Crippen LogP contribution is -2.38. The van der Waals surface area contributed by atoms with Crippen LogP contribution in [0.2, 0.25) is 0 Å². The highest BCUT2D eigenvalue weighted by atomic mass is 19.4. The van der Waals surface area contributed by atoms with Crippen LogP contribution >= 0.6 is 0 Å². The van der Waals surface area contributed by atoms with E-state index in [-0.39, 0.29) is 12.1 Å². The summed E-state index contributed by atoms with van der Waals surface area (Å²) in [6.07, 6.45) is -5.61. The monoisotopic (exact) mass is 320 g/mol. The fourth-order valence-electron chi connectivity index (χ4n) is 1.70. The molecule has 0 saturated heterocycles. The van der Waals surface area contributed by atoms with Crippen LogP contribution in [0.4, 0.5) is 18.0 Å². The minimum atomic E-state index is -4.83. The number of alkyl halides is 3. The molecule has 22 heavy (non-hydrogen) atoms. The topological polar surface area (TPSA) is 73.6 Å². The fourth-order valence-corrected chi connectivity index (χ4v) is 1.70. The van der Waals surface area contributed by atoms with Crippen molar-refractivity contribution in [3.63, 3.8) is 0 Å². The molecule has 0 heterocycles. The smallest absolute Gasteiger partial charge is 0.444 e. The van der Waals surface area contributed by atoms with Gasteiger partial charge >= 0.3 is 12.5 Å². The molecule has 8 heteroatoms. The van der Waals surface area contributed by atoms with E-state index in [0.717, 1.165) is 6.07 Å². The largest absolute Gasteiger partial charge is 0.573 e. The summed E-state index contributed by atoms with van der Waals surface area (Å²) in [5.74, 6) is -0.415. The number of carbonyl (C=O) groups is 1. The lowest BCUT2D eigenvalue weighted by atomic mass is 10.1. The molecule has 1 unspecified atom stereocenters. The molecular weight excluding hydrogens is 301 g/mol. The number of alkyl carbamates (subject to hydrolysis) is 1. The van der Waals surface area contributed by atoms with Gasteiger partial charge in [0, 0.05) is 12.1 Å². The Morgan fingerprint density at radius 3 is 2.36 bits per heavy atom. The summed E-state index contributed by atoms with van der Waals surface area (Å²) in [4.78, 5) is 11.7. The molecule has 0 radical (unpaired) electrons. The van der Waals surface area contributed by atoms with Gasteiger partial charge in [-0.2, -0.15) is 0 Å². The van der Waals surface area contributed by atoms with Crippen LogP contribution in [-0.4, -0.2) is 24.6 Å². The molecule has 0 bridgehead atoms. The first-order valence-corrected chi connectivity index (χ1v) is 6.56. The van der Waals surface area contributed by atoms with Crippen molar-refractivity contribution in [2.24, 2.45) is 5.73 Å². The maximum atomic E-state index is 12.4. The third-order valence-corrected chi connectivity index (χ3v) is 2.45. The summed E-state index contributed by atoms with van der Waals surface area (Å²) < 4.78 is 46.2. The molecule has 0 spiro atoms. The molecule has 1 amide bonds. The van der Waals surface area contributed by atoms with E-state index in [1.165, 1.54) is 18.2 Å². The third kappa shape index (κ3) is 6.21. The van der Waals surface area contributed by atoms with Crippen molar-refractivity contribution in [3.8, 4) is 5.75 Å². The highest BCUT2D eigenvalue weighted by molar-refractivity contribution is 5.68. The molecule has 1 aromatic carbocycles. The summed E-state index contributed by atoms with van der Waals surface area (Å²) >= 11 is 0. The van der Waals surface area contributed by atoms with Gasteiger partial charge < -0.3 is 20.5 Å². The molecule has 1 aromatic rings. The van der Waals surface area contributed by atoms with Crippen molar-refractivity contribution in [2.75, 3.05) is 6.54 Å². The van der Waals surface area contributed by atoms with Gasteiger partial charge in [0.05, 0.1) is 6.04 Å². The van der Waals surface area contributed by atoms with Gasteiger partial charge in [0.2, 0.25) is 0 Å². The average Bonchev–Trinajstić information content (AvgIpc) is 2.33. The van der Waals surface area contributed by atoms with Gasteiger partial charge in [-0.05, 0) is 26.8 Å². The average molecular weight is 320 g/mol. The zero-order chi connectivity index (χ0) is 17.0. The molecule has 3 N–H and O–H groups in total. The first-order valence-electron chi connectivity index (χ1n) is 6.56. The maximum Gasteiger partial charge on any atom is 0.573 e. The molecule has 1 rings (SSSR count). The molecule has 0 aliphatic rings. The number of para-hydroxylation sites is 1. The molecule has 0 aliphatic carbocycles. The SMILES string of the molecule is CC(C)(C)OC(=O)NC(CN)c1ccccc1OC(F)(F)F. The van der Waals surface area contributed by atoms with Crippen molar-refractivity contribution in [2.45, 2.75) is 38.8 Å². The lowest BCUT2D eigenvalue weighted by Gasteiger charge is -2.24. The summed E-state index contributed by atoms with van der Waals surface area (Å²) in [5.41, 5.74) is 4.93. The summed E-state index contributed by atoms with van der Waals surface area (Å²) in [6.45, 7) is 4.90. The molecule has 0 saturated carbocycles. The number of rotatable bonds is 4. The van der Waals surface area contributed by atoms with Crippen LogP contribution in [0.3, 0.4) is 0 Å². The van der Waals surface area contributed by atoms with Crippen molar-refractivity contribution in [1.29, 1.82) is 0 Å². The van der Waals surface area contributed by atoms with E-state index in [1.54, 1.807) is 20.8 Å². The van der Waals surface area contributed by atoms with Gasteiger partial charge in [-0.1, -0.05) is 18.2 Å². The van der Waals surface area contributed by atoms with Gasteiger partial charge in [0.15, 0.2) is 0 Å². The van der Waals surface area contributed by atoms with Gasteiger partial charge in [0.1, 0.15) is 11.4 Å². The number of hydrogen-bond donors (Lipinski definition) is 2. The fraction of sp³-hybridized carbons (Fsp3) is 0.500. The van der Waals surface area contributed by atoms with Crippen LogP contribution in [0.1, 0.15) is 32.4 Å². The van der Waals surface area contributed by atoms with E-state index in [4.69, 9.17) is 10.5 Å². The van der Waals surface area contributed by atoms with Crippen LogP contribution in [-0.2, 0) is 4.74 Å². The quantitative estimate of drug-likeness (QED) is 0.894. The van der Waals surface area contributed by atoms with Crippen LogP contribution in [0, 0.1) is 0 Å². The van der Waals surface area contributed by atoms with Gasteiger partial charge in [0.25, 0.3) is 0 Å². The van der Waals surface area contributed by atoms with E-state index < -0.39 is 29.8 Å². The number of hydrogen-bond acceptors (Lipinski definition) is 4. The lowest BCUT2D eigenvalue weighted by molar-refractivity contribution is -0.275. The van der Waals surface area contributed by atoms with E-state index in [9.17, 15) is 18.0 Å². The minimum Gasteiger partial charge on any atom is -0.444 e. The maximum absolute atomic E-state index is 12.4. The van der Waals surface area contributed by atoms with Crippen molar-refractivity contribution in [3.05, 3.63) is 29.8 Å². The predicted molar refractivity (Wildman–Crippen MR) is 74.3 cm³/mol. The summed E-state index contributed by atoms with van der Waals surface area (Å²) in [5, 5.41) is 2.43. The standard InChI is InChI=1S/C14H19F3N2O3/c1-13(2,3)22-12(20)19-10(8-18)9-6-4-5-7-11(9)21-14(15,16)17/h4-7,10H,8,18H2,1-3H3,(H,19,20). The van der Waals surface area contributed by atoms with Crippen molar-refractivity contribution >= 4 is 6.09 Å². The Bertz CT molecular complexity index is 513. The van der Waals surface area contributed by atoms with Crippen LogP contribution < -0.4 is 15.8 Å². The Kier molecular flexibility index (Phi) is 5.65. The Labute approximate surface area is 126 Å². The molecule has 1 atom stereocenters. The minimum absolute atomic E-state index is 0.114. The third-order valence-electron chi connectivity index (χ3n) is 2.45. The van der Waals surface area contributed by atoms with Crippen LogP contribution in [0.25, 0.3) is 0 Å². The number of nitrogens with one attached hydrogen (secondary N) is 1. The second-order valence-electron chi connectivity index (χ2n) is 5.52. The zero-order valence-electron chi connectivity index (χ0n) is 12.5. The Morgan fingerprint density at radius 1 is 1.27 bits per heavy atom. The van der Waals surface area contributed by atoms with E-state index in [0.29, 0.717) is 0 Å². The second-order valence-corrected chi connectivity index (χ2v) is 5.52. The second kappa shape index (κ2) is 6.87. The molecule has 5 nitrogen and oxygen atoms in total. The zero-order valence-corrected chi connectivity index (χ0v) is 12.5. The highest BCUT2D eigenvalue weighted by Gasteiger charge is 2.33. The normalized spacial score (nSPS) is 13.4. The molecule has 0 fully saturated rings. The first kappa shape index (κ1) is 18.1. The molecule has 0 aromatic heterocycles. The summed E-state index contributed by atoms with van der Waals surface area (Å²) in [7, 11) is 0. The highest BCUT2D eigenvalue weighted by Crippen LogP contribution is 2.30. The summed E-state index contributed by atoms with van der Waals surface area (Å²) in [6, 6.07) is 4.61. The number of carbonyl (C=O) groups excluding carboxylic acids is 1. The van der Waals surface area contributed by atoms with Crippen molar-refractivity contribution < 1.29 is 27.4 Å². The van der Waals surface area contributed by atoms with Crippen LogP contribution in [0.5, 0.6) is 5.75 Å². The van der Waals surface area contributed by atoms with Gasteiger partial charge in [-0.15, -0.1) is 13.2 Å². The molecule has 124 valence electrons. The first-order chi connectivity index (χ1) is 10.0.